The monoisotopic (exact) mass is 196 g/mol. The standard InChI is InChI=1S/C3HClF4O3/c4-3(7,8)11-2(5,6)1(9)10/h(H,9,10). The summed E-state index contributed by atoms with van der Waals surface area (Å²) in [5.74, 6) is -2.84. The summed E-state index contributed by atoms with van der Waals surface area (Å²) in [5.41, 5.74) is -4.69. The van der Waals surface area contributed by atoms with Crippen LogP contribution in [-0.2, 0) is 9.53 Å². The van der Waals surface area contributed by atoms with Crippen molar-refractivity contribution in [3.8, 4) is 0 Å². The summed E-state index contributed by atoms with van der Waals surface area (Å²) >= 11 is 3.86. The molecule has 0 heterocycles. The highest BCUT2D eigenvalue weighted by atomic mass is 35.5. The second-order valence-corrected chi connectivity index (χ2v) is 1.81. The summed E-state index contributed by atoms with van der Waals surface area (Å²) in [4.78, 5) is 9.43. The average molecular weight is 196 g/mol. The molecular weight excluding hydrogens is 195 g/mol. The van der Waals surface area contributed by atoms with E-state index < -0.39 is 17.6 Å². The van der Waals surface area contributed by atoms with Gasteiger partial charge in [0.2, 0.25) is 0 Å². The zero-order valence-corrected chi connectivity index (χ0v) is 5.41. The van der Waals surface area contributed by atoms with Gasteiger partial charge in [-0.25, -0.2) is 9.53 Å². The van der Waals surface area contributed by atoms with Crippen LogP contribution in [0.25, 0.3) is 0 Å². The quantitative estimate of drug-likeness (QED) is 0.549. The molecule has 0 aromatic carbocycles. The van der Waals surface area contributed by atoms with Crippen molar-refractivity contribution in [1.82, 2.24) is 0 Å². The number of carboxylic acid groups (broad SMARTS) is 1. The van der Waals surface area contributed by atoms with Gasteiger partial charge < -0.3 is 5.11 Å². The molecule has 0 fully saturated rings. The van der Waals surface area contributed by atoms with E-state index in [1.807, 2.05) is 0 Å². The molecule has 0 saturated carbocycles. The van der Waals surface area contributed by atoms with E-state index >= 15 is 0 Å². The maximum Gasteiger partial charge on any atom is 0.461 e. The van der Waals surface area contributed by atoms with Crippen LogP contribution in [0, 0.1) is 0 Å². The number of carbonyl (C=O) groups is 1. The number of carboxylic acids is 1. The van der Waals surface area contributed by atoms with Gasteiger partial charge in [-0.05, 0) is 11.6 Å². The SMILES string of the molecule is O=C(O)C(F)(F)OC(F)(F)Cl. The van der Waals surface area contributed by atoms with Gasteiger partial charge in [-0.1, -0.05) is 0 Å². The van der Waals surface area contributed by atoms with E-state index in [0.717, 1.165) is 0 Å². The van der Waals surface area contributed by atoms with Gasteiger partial charge in [-0.2, -0.15) is 17.6 Å². The first-order valence-electron chi connectivity index (χ1n) is 2.03. The second-order valence-electron chi connectivity index (χ2n) is 1.37. The third kappa shape index (κ3) is 3.99. The minimum atomic E-state index is -4.98. The van der Waals surface area contributed by atoms with Gasteiger partial charge in [0, 0.05) is 0 Å². The van der Waals surface area contributed by atoms with Crippen molar-refractivity contribution in [2.24, 2.45) is 0 Å². The Morgan fingerprint density at radius 2 is 1.73 bits per heavy atom. The molecule has 0 amide bonds. The molecule has 0 aromatic heterocycles. The highest BCUT2D eigenvalue weighted by Crippen LogP contribution is 2.29. The lowest BCUT2D eigenvalue weighted by Gasteiger charge is -2.14. The van der Waals surface area contributed by atoms with Crippen molar-refractivity contribution >= 4 is 17.6 Å². The minimum absolute atomic E-state index is 2.39. The molecular formula is C3HClF4O3. The van der Waals surface area contributed by atoms with Gasteiger partial charge >= 0.3 is 17.6 Å². The molecule has 0 unspecified atom stereocenters. The fraction of sp³-hybridized carbons (Fsp3) is 0.667. The van der Waals surface area contributed by atoms with Crippen LogP contribution in [0.1, 0.15) is 0 Å². The maximum absolute atomic E-state index is 11.7. The van der Waals surface area contributed by atoms with E-state index in [1.54, 1.807) is 0 Å². The van der Waals surface area contributed by atoms with E-state index in [9.17, 15) is 22.4 Å². The van der Waals surface area contributed by atoms with E-state index in [4.69, 9.17) is 5.11 Å². The van der Waals surface area contributed by atoms with Crippen LogP contribution in [0.15, 0.2) is 0 Å². The normalized spacial score (nSPS) is 13.2. The zero-order chi connectivity index (χ0) is 9.28. The Bertz CT molecular complexity index is 164. The van der Waals surface area contributed by atoms with Crippen LogP contribution in [0.3, 0.4) is 0 Å². The average Bonchev–Trinajstić information content (AvgIpc) is 1.56. The predicted octanol–water partition coefficient (Wildman–Crippen LogP) is 1.47. The molecule has 8 heteroatoms. The zero-order valence-electron chi connectivity index (χ0n) is 4.65. The van der Waals surface area contributed by atoms with Crippen LogP contribution in [0.4, 0.5) is 17.6 Å². The maximum atomic E-state index is 11.7. The first-order valence-corrected chi connectivity index (χ1v) is 2.41. The van der Waals surface area contributed by atoms with Crippen LogP contribution < -0.4 is 0 Å². The van der Waals surface area contributed by atoms with Gasteiger partial charge in [-0.15, -0.1) is 0 Å². The fourth-order valence-corrected chi connectivity index (χ4v) is 0.286. The van der Waals surface area contributed by atoms with Crippen molar-refractivity contribution in [1.29, 1.82) is 0 Å². The smallest absolute Gasteiger partial charge is 0.461 e. The number of hydrogen-bond donors (Lipinski definition) is 1. The second kappa shape index (κ2) is 2.82. The fourth-order valence-electron chi connectivity index (χ4n) is 0.189. The molecule has 0 rings (SSSR count). The molecule has 11 heavy (non-hydrogen) atoms. The third-order valence-corrected chi connectivity index (χ3v) is 0.570. The van der Waals surface area contributed by atoms with Crippen LogP contribution >= 0.6 is 11.6 Å². The van der Waals surface area contributed by atoms with Crippen molar-refractivity contribution in [2.75, 3.05) is 0 Å². The number of halogens is 5. The Kier molecular flexibility index (Phi) is 2.68. The summed E-state index contributed by atoms with van der Waals surface area (Å²) in [6, 6.07) is 0. The molecule has 3 nitrogen and oxygen atoms in total. The Hall–Kier alpha value is -0.560. The molecule has 1 N–H and O–H groups in total. The Morgan fingerprint density at radius 3 is 1.82 bits per heavy atom. The van der Waals surface area contributed by atoms with E-state index in [1.165, 1.54) is 0 Å². The Morgan fingerprint density at radius 1 is 1.36 bits per heavy atom. The van der Waals surface area contributed by atoms with Crippen molar-refractivity contribution in [3.05, 3.63) is 0 Å². The Balaban J connectivity index is 4.25. The summed E-state index contributed by atoms with van der Waals surface area (Å²) in [6.07, 6.45) is -4.98. The predicted molar refractivity (Wildman–Crippen MR) is 24.5 cm³/mol. The molecule has 66 valence electrons. The molecule has 0 aliphatic carbocycles. The van der Waals surface area contributed by atoms with Gasteiger partial charge in [-0.3, -0.25) is 0 Å². The molecule has 0 bridgehead atoms. The molecule has 0 saturated heterocycles. The number of hydrogen-bond acceptors (Lipinski definition) is 2. The summed E-state index contributed by atoms with van der Waals surface area (Å²) in [5, 5.41) is 7.54. The number of ether oxygens (including phenoxy) is 1. The first kappa shape index (κ1) is 10.4. The van der Waals surface area contributed by atoms with Crippen LogP contribution in [0.5, 0.6) is 0 Å². The lowest BCUT2D eigenvalue weighted by atomic mass is 10.6. The molecule has 0 spiro atoms. The number of aliphatic carboxylic acids is 1. The van der Waals surface area contributed by atoms with Crippen molar-refractivity contribution in [3.63, 3.8) is 0 Å². The van der Waals surface area contributed by atoms with Gasteiger partial charge in [0.05, 0.1) is 0 Å². The number of alkyl halides is 5. The van der Waals surface area contributed by atoms with Crippen molar-refractivity contribution in [2.45, 2.75) is 11.7 Å². The highest BCUT2D eigenvalue weighted by molar-refractivity contribution is 6.20. The minimum Gasteiger partial charge on any atom is -0.475 e. The highest BCUT2D eigenvalue weighted by Gasteiger charge is 2.49. The van der Waals surface area contributed by atoms with E-state index in [0.29, 0.717) is 0 Å². The molecule has 0 atom stereocenters. The molecule has 0 radical (unpaired) electrons. The summed E-state index contributed by atoms with van der Waals surface area (Å²) < 4.78 is 48.5. The molecule has 0 aliphatic heterocycles. The molecule has 0 aromatic rings. The van der Waals surface area contributed by atoms with E-state index in [2.05, 4.69) is 16.3 Å². The lowest BCUT2D eigenvalue weighted by Crippen LogP contribution is -2.36. The summed E-state index contributed by atoms with van der Waals surface area (Å²) in [7, 11) is 0. The van der Waals surface area contributed by atoms with Gasteiger partial charge in [0.15, 0.2) is 0 Å². The van der Waals surface area contributed by atoms with Crippen LogP contribution in [-0.4, -0.2) is 22.8 Å². The first-order chi connectivity index (χ1) is 4.65. The summed E-state index contributed by atoms with van der Waals surface area (Å²) in [6.45, 7) is 0. The lowest BCUT2D eigenvalue weighted by molar-refractivity contribution is -0.328. The van der Waals surface area contributed by atoms with E-state index in [-0.39, 0.29) is 0 Å². The molecule has 0 aliphatic rings. The number of rotatable bonds is 3. The Labute approximate surface area is 62.5 Å². The van der Waals surface area contributed by atoms with Gasteiger partial charge in [0.25, 0.3) is 0 Å². The van der Waals surface area contributed by atoms with Crippen molar-refractivity contribution < 1.29 is 32.2 Å². The van der Waals surface area contributed by atoms with Crippen LogP contribution in [0.2, 0.25) is 0 Å². The largest absolute Gasteiger partial charge is 0.475 e. The topological polar surface area (TPSA) is 46.5 Å². The third-order valence-electron chi connectivity index (χ3n) is 0.493. The van der Waals surface area contributed by atoms with Gasteiger partial charge in [0.1, 0.15) is 0 Å².